The zero-order chi connectivity index (χ0) is 11.4. The highest BCUT2D eigenvalue weighted by molar-refractivity contribution is 5.81. The van der Waals surface area contributed by atoms with Gasteiger partial charge in [0.1, 0.15) is 0 Å². The molecule has 0 aliphatic carbocycles. The van der Waals surface area contributed by atoms with Gasteiger partial charge in [-0.05, 0) is 37.6 Å². The minimum atomic E-state index is -0.0654. The number of nitrogens with zero attached hydrogens (tertiary/aromatic N) is 2. The van der Waals surface area contributed by atoms with E-state index < -0.39 is 0 Å². The number of carbonyl (C=O) groups excluding carboxylic acids is 1. The third-order valence-electron chi connectivity index (χ3n) is 2.86. The van der Waals surface area contributed by atoms with Gasteiger partial charge in [-0.2, -0.15) is 0 Å². The molecule has 2 rings (SSSR count). The van der Waals surface area contributed by atoms with Crippen LogP contribution in [-0.2, 0) is 11.3 Å². The van der Waals surface area contributed by atoms with Crippen molar-refractivity contribution in [2.45, 2.75) is 25.9 Å². The topological polar surface area (TPSA) is 45.2 Å². The van der Waals surface area contributed by atoms with Crippen LogP contribution in [0.15, 0.2) is 24.5 Å². The third-order valence-corrected chi connectivity index (χ3v) is 2.86. The van der Waals surface area contributed by atoms with E-state index >= 15 is 0 Å². The fourth-order valence-electron chi connectivity index (χ4n) is 1.93. The molecule has 1 aliphatic heterocycles. The highest BCUT2D eigenvalue weighted by Crippen LogP contribution is 2.08. The monoisotopic (exact) mass is 219 g/mol. The van der Waals surface area contributed by atoms with Crippen LogP contribution in [0.4, 0.5) is 0 Å². The lowest BCUT2D eigenvalue weighted by molar-refractivity contribution is -0.132. The Morgan fingerprint density at radius 1 is 1.50 bits per heavy atom. The molecule has 1 atom stereocenters. The second-order valence-electron chi connectivity index (χ2n) is 4.14. The molecule has 1 aliphatic rings. The summed E-state index contributed by atoms with van der Waals surface area (Å²) in [5.74, 6) is 0.189. The molecule has 1 amide bonds. The highest BCUT2D eigenvalue weighted by Gasteiger charge is 2.22. The van der Waals surface area contributed by atoms with Crippen molar-refractivity contribution in [1.29, 1.82) is 0 Å². The molecule has 0 radical (unpaired) electrons. The quantitative estimate of drug-likeness (QED) is 0.800. The van der Waals surface area contributed by atoms with E-state index in [2.05, 4.69) is 10.3 Å². The summed E-state index contributed by atoms with van der Waals surface area (Å²) in [7, 11) is 0. The Hall–Kier alpha value is -1.42. The SMILES string of the molecule is CC1NCCCN(Cc2ccncc2)C1=O. The fraction of sp³-hybridized carbons (Fsp3) is 0.500. The number of rotatable bonds is 2. The van der Waals surface area contributed by atoms with Crippen molar-refractivity contribution in [3.05, 3.63) is 30.1 Å². The average Bonchev–Trinajstić information content (AvgIpc) is 2.46. The molecule has 1 aromatic heterocycles. The van der Waals surface area contributed by atoms with Crippen molar-refractivity contribution in [2.75, 3.05) is 13.1 Å². The van der Waals surface area contributed by atoms with Crippen LogP contribution in [0.1, 0.15) is 18.9 Å². The van der Waals surface area contributed by atoms with Crippen molar-refractivity contribution >= 4 is 5.91 Å². The molecule has 1 saturated heterocycles. The largest absolute Gasteiger partial charge is 0.337 e. The third kappa shape index (κ3) is 2.58. The molecule has 16 heavy (non-hydrogen) atoms. The van der Waals surface area contributed by atoms with Gasteiger partial charge in [0, 0.05) is 25.5 Å². The van der Waals surface area contributed by atoms with Crippen LogP contribution in [0.3, 0.4) is 0 Å². The van der Waals surface area contributed by atoms with Gasteiger partial charge >= 0.3 is 0 Å². The van der Waals surface area contributed by atoms with Gasteiger partial charge in [0.05, 0.1) is 6.04 Å². The van der Waals surface area contributed by atoms with Crippen molar-refractivity contribution in [3.63, 3.8) is 0 Å². The summed E-state index contributed by atoms with van der Waals surface area (Å²) in [4.78, 5) is 17.9. The van der Waals surface area contributed by atoms with Crippen molar-refractivity contribution < 1.29 is 4.79 Å². The molecule has 1 unspecified atom stereocenters. The van der Waals surface area contributed by atoms with Crippen molar-refractivity contribution in [3.8, 4) is 0 Å². The lowest BCUT2D eigenvalue weighted by Gasteiger charge is -2.22. The van der Waals surface area contributed by atoms with Gasteiger partial charge in [-0.1, -0.05) is 0 Å². The zero-order valence-electron chi connectivity index (χ0n) is 9.52. The molecular formula is C12H17N3O. The minimum Gasteiger partial charge on any atom is -0.337 e. The summed E-state index contributed by atoms with van der Waals surface area (Å²) in [6.07, 6.45) is 4.54. The van der Waals surface area contributed by atoms with E-state index in [9.17, 15) is 4.79 Å². The molecule has 4 nitrogen and oxygen atoms in total. The molecule has 0 bridgehead atoms. The van der Waals surface area contributed by atoms with E-state index in [4.69, 9.17) is 0 Å². The standard InChI is InChI=1S/C12H17N3O/c1-10-12(16)15(8-2-5-14-10)9-11-3-6-13-7-4-11/h3-4,6-7,10,14H,2,5,8-9H2,1H3. The van der Waals surface area contributed by atoms with Gasteiger partial charge in [0.25, 0.3) is 0 Å². The Morgan fingerprint density at radius 2 is 2.25 bits per heavy atom. The number of amides is 1. The Bertz CT molecular complexity index is 353. The van der Waals surface area contributed by atoms with Crippen LogP contribution in [0, 0.1) is 0 Å². The summed E-state index contributed by atoms with van der Waals surface area (Å²) in [6.45, 7) is 4.36. The Kier molecular flexibility index (Phi) is 3.51. The lowest BCUT2D eigenvalue weighted by atomic mass is 10.2. The highest BCUT2D eigenvalue weighted by atomic mass is 16.2. The van der Waals surface area contributed by atoms with Crippen molar-refractivity contribution in [2.24, 2.45) is 0 Å². The average molecular weight is 219 g/mol. The summed E-state index contributed by atoms with van der Waals surface area (Å²) < 4.78 is 0. The second kappa shape index (κ2) is 5.07. The summed E-state index contributed by atoms with van der Waals surface area (Å²) in [5, 5.41) is 3.21. The van der Waals surface area contributed by atoms with E-state index in [1.807, 2.05) is 24.0 Å². The first kappa shape index (κ1) is 11.1. The maximum absolute atomic E-state index is 12.0. The fourth-order valence-corrected chi connectivity index (χ4v) is 1.93. The summed E-state index contributed by atoms with van der Waals surface area (Å²) in [6, 6.07) is 3.84. The first-order chi connectivity index (χ1) is 7.77. The molecule has 0 saturated carbocycles. The summed E-state index contributed by atoms with van der Waals surface area (Å²) in [5.41, 5.74) is 1.14. The van der Waals surface area contributed by atoms with Gasteiger partial charge in [0.15, 0.2) is 0 Å². The van der Waals surface area contributed by atoms with Crippen LogP contribution >= 0.6 is 0 Å². The number of pyridine rings is 1. The number of hydrogen-bond acceptors (Lipinski definition) is 3. The molecular weight excluding hydrogens is 202 g/mol. The molecule has 1 aromatic rings. The van der Waals surface area contributed by atoms with Crippen molar-refractivity contribution in [1.82, 2.24) is 15.2 Å². The number of aromatic nitrogens is 1. The Labute approximate surface area is 95.7 Å². The minimum absolute atomic E-state index is 0.0654. The smallest absolute Gasteiger partial charge is 0.239 e. The molecule has 0 aromatic carbocycles. The zero-order valence-corrected chi connectivity index (χ0v) is 9.52. The van der Waals surface area contributed by atoms with E-state index in [0.717, 1.165) is 25.1 Å². The van der Waals surface area contributed by atoms with Crippen LogP contribution in [-0.4, -0.2) is 34.9 Å². The van der Waals surface area contributed by atoms with E-state index in [0.29, 0.717) is 6.54 Å². The number of carbonyl (C=O) groups is 1. The van der Waals surface area contributed by atoms with Crippen LogP contribution in [0.25, 0.3) is 0 Å². The van der Waals surface area contributed by atoms with Gasteiger partial charge in [-0.15, -0.1) is 0 Å². The number of nitrogens with one attached hydrogen (secondary N) is 1. The first-order valence-electron chi connectivity index (χ1n) is 5.68. The van der Waals surface area contributed by atoms with Gasteiger partial charge < -0.3 is 10.2 Å². The van der Waals surface area contributed by atoms with Crippen LogP contribution in [0.5, 0.6) is 0 Å². The van der Waals surface area contributed by atoms with Crippen LogP contribution in [0.2, 0.25) is 0 Å². The molecule has 86 valence electrons. The Balaban J connectivity index is 2.05. The van der Waals surface area contributed by atoms with E-state index in [1.54, 1.807) is 12.4 Å². The van der Waals surface area contributed by atoms with Gasteiger partial charge in [-0.25, -0.2) is 0 Å². The number of hydrogen-bond donors (Lipinski definition) is 1. The predicted octanol–water partition coefficient (Wildman–Crippen LogP) is 0.792. The molecule has 1 N–H and O–H groups in total. The van der Waals surface area contributed by atoms with E-state index in [1.165, 1.54) is 0 Å². The normalized spacial score (nSPS) is 21.9. The van der Waals surface area contributed by atoms with Gasteiger partial charge in [-0.3, -0.25) is 9.78 Å². The molecule has 0 spiro atoms. The van der Waals surface area contributed by atoms with Crippen LogP contribution < -0.4 is 5.32 Å². The summed E-state index contributed by atoms with van der Waals surface area (Å²) >= 11 is 0. The maximum atomic E-state index is 12.0. The maximum Gasteiger partial charge on any atom is 0.239 e. The molecule has 1 fully saturated rings. The molecule has 4 heteroatoms. The Morgan fingerprint density at radius 3 is 3.00 bits per heavy atom. The lowest BCUT2D eigenvalue weighted by Crippen LogP contribution is -2.41. The molecule has 2 heterocycles. The van der Waals surface area contributed by atoms with Gasteiger partial charge in [0.2, 0.25) is 5.91 Å². The van der Waals surface area contributed by atoms with E-state index in [-0.39, 0.29) is 11.9 Å². The predicted molar refractivity (Wildman–Crippen MR) is 61.7 cm³/mol. The second-order valence-corrected chi connectivity index (χ2v) is 4.14. The first-order valence-corrected chi connectivity index (χ1v) is 5.68.